The second kappa shape index (κ2) is 8.32. The van der Waals surface area contributed by atoms with Gasteiger partial charge < -0.3 is 10.1 Å². The number of rotatable bonds is 5. The van der Waals surface area contributed by atoms with Gasteiger partial charge in [-0.1, -0.05) is 0 Å². The van der Waals surface area contributed by atoms with Gasteiger partial charge in [0.1, 0.15) is 12.0 Å². The Labute approximate surface area is 175 Å². The van der Waals surface area contributed by atoms with E-state index in [1.807, 2.05) is 0 Å². The van der Waals surface area contributed by atoms with Crippen LogP contribution in [0.3, 0.4) is 0 Å². The van der Waals surface area contributed by atoms with Gasteiger partial charge in [0, 0.05) is 11.3 Å². The van der Waals surface area contributed by atoms with Gasteiger partial charge in [0.05, 0.1) is 19.2 Å². The summed E-state index contributed by atoms with van der Waals surface area (Å²) in [5.41, 5.74) is -0.135. The lowest BCUT2D eigenvalue weighted by Crippen LogP contribution is -2.56. The number of allylic oxidation sites excluding steroid dienone is 1. The van der Waals surface area contributed by atoms with Crippen molar-refractivity contribution in [2.45, 2.75) is 20.0 Å². The number of hydrogen-bond acceptors (Lipinski definition) is 5. The molecule has 0 radical (unpaired) electrons. The summed E-state index contributed by atoms with van der Waals surface area (Å²) < 4.78 is 44.8. The first kappa shape index (κ1) is 22.2. The van der Waals surface area contributed by atoms with Gasteiger partial charge >= 0.3 is 18.1 Å². The van der Waals surface area contributed by atoms with Gasteiger partial charge in [0.2, 0.25) is 0 Å². The van der Waals surface area contributed by atoms with Crippen LogP contribution in [-0.4, -0.2) is 59.6 Å². The number of amidine groups is 1. The van der Waals surface area contributed by atoms with Crippen molar-refractivity contribution >= 4 is 35.6 Å². The van der Waals surface area contributed by atoms with Crippen molar-refractivity contribution in [1.29, 1.82) is 0 Å². The van der Waals surface area contributed by atoms with Crippen LogP contribution >= 0.6 is 0 Å². The van der Waals surface area contributed by atoms with E-state index >= 15 is 0 Å². The highest BCUT2D eigenvalue weighted by Gasteiger charge is 2.50. The normalized spacial score (nSPS) is 19.0. The first-order valence-electron chi connectivity index (χ1n) is 9.35. The molecule has 0 saturated heterocycles. The molecule has 1 aromatic carbocycles. The van der Waals surface area contributed by atoms with Crippen LogP contribution in [0.5, 0.6) is 0 Å². The Morgan fingerprint density at radius 3 is 2.48 bits per heavy atom. The third kappa shape index (κ3) is 4.35. The zero-order valence-electron chi connectivity index (χ0n) is 17.0. The van der Waals surface area contributed by atoms with Gasteiger partial charge in [-0.25, -0.2) is 4.79 Å². The van der Waals surface area contributed by atoms with E-state index < -0.39 is 42.0 Å². The molecule has 11 heteroatoms. The van der Waals surface area contributed by atoms with Gasteiger partial charge in [-0.3, -0.25) is 9.59 Å². The highest BCUT2D eigenvalue weighted by molar-refractivity contribution is 6.17. The van der Waals surface area contributed by atoms with Crippen LogP contribution < -0.4 is 5.32 Å². The summed E-state index contributed by atoms with van der Waals surface area (Å²) in [7, 11) is 1.43. The number of aliphatic imine (C=N–C) groups is 1. The number of urea groups is 1. The predicted molar refractivity (Wildman–Crippen MR) is 105 cm³/mol. The minimum atomic E-state index is -4.50. The quantitative estimate of drug-likeness (QED) is 0.717. The summed E-state index contributed by atoms with van der Waals surface area (Å²) in [5, 5.41) is 2.39. The summed E-state index contributed by atoms with van der Waals surface area (Å²) >= 11 is 0. The van der Waals surface area contributed by atoms with Crippen LogP contribution in [0.25, 0.3) is 0 Å². The number of fused-ring (bicyclic) bond motifs is 1. The number of amides is 4. The molecule has 0 spiro atoms. The summed E-state index contributed by atoms with van der Waals surface area (Å²) in [6, 6.07) is 3.08. The van der Waals surface area contributed by atoms with E-state index in [9.17, 15) is 27.6 Å². The second-order valence-corrected chi connectivity index (χ2v) is 6.92. The predicted octanol–water partition coefficient (Wildman–Crippen LogP) is 2.66. The Morgan fingerprint density at radius 2 is 1.90 bits per heavy atom. The number of benzene rings is 1. The Hall–Kier alpha value is -3.50. The number of nitrogens with zero attached hydrogens (tertiary/aromatic N) is 3. The van der Waals surface area contributed by atoms with Gasteiger partial charge in [-0.2, -0.15) is 22.6 Å². The third-order valence-electron chi connectivity index (χ3n) is 4.77. The number of ether oxygens (including phenoxy) is 1. The molecule has 1 atom stereocenters. The molecular formula is C20H20F3N4O4+. The van der Waals surface area contributed by atoms with E-state index in [1.165, 1.54) is 17.8 Å². The minimum Gasteiger partial charge on any atom is -0.496 e. The molecular weight excluding hydrogens is 417 g/mol. The lowest BCUT2D eigenvalue weighted by molar-refractivity contribution is -0.408. The Balaban J connectivity index is 1.79. The number of imide groups is 1. The number of hydrogen-bond donors (Lipinski definition) is 1. The highest BCUT2D eigenvalue weighted by atomic mass is 19.4. The second-order valence-electron chi connectivity index (χ2n) is 6.92. The fraction of sp³-hybridized carbons (Fsp3) is 0.350. The fourth-order valence-electron chi connectivity index (χ4n) is 3.26. The van der Waals surface area contributed by atoms with Crippen molar-refractivity contribution in [2.24, 2.45) is 10.9 Å². The van der Waals surface area contributed by atoms with Crippen molar-refractivity contribution < 1.29 is 36.9 Å². The summed E-state index contributed by atoms with van der Waals surface area (Å²) in [4.78, 5) is 43.1. The largest absolute Gasteiger partial charge is 0.496 e. The molecule has 4 amide bonds. The van der Waals surface area contributed by atoms with E-state index in [1.54, 1.807) is 13.8 Å². The van der Waals surface area contributed by atoms with Gasteiger partial charge in [0.25, 0.3) is 11.7 Å². The summed E-state index contributed by atoms with van der Waals surface area (Å²) in [6.07, 6.45) is -3.00. The number of carbonyl (C=O) groups is 3. The maximum Gasteiger partial charge on any atom is 0.446 e. The van der Waals surface area contributed by atoms with Crippen LogP contribution in [0.15, 0.2) is 40.6 Å². The summed E-state index contributed by atoms with van der Waals surface area (Å²) in [5.74, 6) is -1.82. The van der Waals surface area contributed by atoms with Crippen molar-refractivity contribution in [3.63, 3.8) is 0 Å². The molecule has 2 heterocycles. The van der Waals surface area contributed by atoms with E-state index in [-0.39, 0.29) is 11.5 Å². The SMILES string of the molecule is CCOC1=C(C)C=NC2=[N+](C)C(=O)N(CC(=O)Nc3ccc(C(F)(F)F)cc3)C(=O)C12. The van der Waals surface area contributed by atoms with Crippen LogP contribution in [0.2, 0.25) is 0 Å². The molecule has 2 aliphatic heterocycles. The van der Waals surface area contributed by atoms with Crippen molar-refractivity contribution in [3.8, 4) is 0 Å². The molecule has 1 N–H and O–H groups in total. The average Bonchev–Trinajstić information content (AvgIpc) is 2.71. The number of alkyl halides is 3. The number of anilines is 1. The van der Waals surface area contributed by atoms with Crippen molar-refractivity contribution in [3.05, 3.63) is 41.2 Å². The van der Waals surface area contributed by atoms with E-state index in [4.69, 9.17) is 4.74 Å². The first-order chi connectivity index (χ1) is 14.5. The Kier molecular flexibility index (Phi) is 5.96. The molecule has 0 saturated carbocycles. The number of halogens is 3. The fourth-order valence-corrected chi connectivity index (χ4v) is 3.26. The van der Waals surface area contributed by atoms with Crippen LogP contribution in [0, 0.1) is 5.92 Å². The smallest absolute Gasteiger partial charge is 0.446 e. The molecule has 1 aromatic rings. The minimum absolute atomic E-state index is 0.100. The Bertz CT molecular complexity index is 1030. The molecule has 0 aromatic heterocycles. The van der Waals surface area contributed by atoms with E-state index in [2.05, 4.69) is 10.3 Å². The summed E-state index contributed by atoms with van der Waals surface area (Å²) in [6.45, 7) is 3.15. The maximum absolute atomic E-state index is 13.1. The molecule has 164 valence electrons. The van der Waals surface area contributed by atoms with Crippen molar-refractivity contribution in [1.82, 2.24) is 4.90 Å². The zero-order valence-corrected chi connectivity index (χ0v) is 17.0. The number of carbonyl (C=O) groups excluding carboxylic acids is 3. The van der Waals surface area contributed by atoms with Gasteiger partial charge in [-0.05, 0) is 38.1 Å². The lowest BCUT2D eigenvalue weighted by atomic mass is 9.96. The van der Waals surface area contributed by atoms with Gasteiger partial charge in [0.15, 0.2) is 12.5 Å². The topological polar surface area (TPSA) is 91.1 Å². The van der Waals surface area contributed by atoms with Crippen LogP contribution in [-0.2, 0) is 20.5 Å². The van der Waals surface area contributed by atoms with E-state index in [0.29, 0.717) is 17.9 Å². The number of dihydropyridines is 1. The average molecular weight is 437 g/mol. The third-order valence-corrected chi connectivity index (χ3v) is 4.77. The molecule has 1 unspecified atom stereocenters. The molecule has 0 fully saturated rings. The number of nitrogens with one attached hydrogen (secondary N) is 1. The lowest BCUT2D eigenvalue weighted by Gasteiger charge is -2.29. The molecule has 2 aliphatic rings. The van der Waals surface area contributed by atoms with Gasteiger partial charge in [-0.15, -0.1) is 4.99 Å². The molecule has 31 heavy (non-hydrogen) atoms. The van der Waals surface area contributed by atoms with Crippen molar-refractivity contribution in [2.75, 3.05) is 25.5 Å². The first-order valence-corrected chi connectivity index (χ1v) is 9.35. The highest BCUT2D eigenvalue weighted by Crippen LogP contribution is 2.30. The van der Waals surface area contributed by atoms with Crippen LogP contribution in [0.4, 0.5) is 23.7 Å². The Morgan fingerprint density at radius 1 is 1.26 bits per heavy atom. The maximum atomic E-state index is 13.1. The molecule has 3 rings (SSSR count). The van der Waals surface area contributed by atoms with E-state index in [0.717, 1.165) is 29.2 Å². The standard InChI is InChI=1S/C20H19F3N4O4/c1-4-31-16-11(2)9-24-17-15(16)18(29)27(19(30)26(17)3)10-14(28)25-13-7-5-12(6-8-13)20(21,22)23/h5-9,15H,4,10H2,1-3H3/p+1. The van der Waals surface area contributed by atoms with Crippen LogP contribution in [0.1, 0.15) is 19.4 Å². The monoisotopic (exact) mass is 437 g/mol. The molecule has 8 nitrogen and oxygen atoms in total. The molecule has 0 bridgehead atoms. The zero-order chi connectivity index (χ0) is 22.9. The molecule has 0 aliphatic carbocycles.